The van der Waals surface area contributed by atoms with Crippen LogP contribution in [0.15, 0.2) is 18.2 Å². The Labute approximate surface area is 112 Å². The number of morpholine rings is 1. The summed E-state index contributed by atoms with van der Waals surface area (Å²) in [7, 11) is 0. The average Bonchev–Trinajstić information content (AvgIpc) is 2.38. The summed E-state index contributed by atoms with van der Waals surface area (Å²) in [6.45, 7) is 5.43. The first kappa shape index (κ1) is 14.4. The van der Waals surface area contributed by atoms with E-state index >= 15 is 0 Å². The second-order valence-corrected chi connectivity index (χ2v) is 5.06. The number of hydrogen-bond donors (Lipinski definition) is 1. The summed E-state index contributed by atoms with van der Waals surface area (Å²) in [5.74, 6) is -1.08. The molecule has 2 atom stereocenters. The molecule has 1 fully saturated rings. The highest BCUT2D eigenvalue weighted by atomic mass is 19.1. The van der Waals surface area contributed by atoms with Gasteiger partial charge in [-0.25, -0.2) is 8.78 Å². The van der Waals surface area contributed by atoms with Crippen LogP contribution in [0.3, 0.4) is 0 Å². The maximum atomic E-state index is 14.0. The lowest BCUT2D eigenvalue weighted by Gasteiger charge is -2.43. The van der Waals surface area contributed by atoms with Gasteiger partial charge in [-0.15, -0.1) is 0 Å². The molecule has 0 aromatic heterocycles. The molecule has 0 radical (unpaired) electrons. The van der Waals surface area contributed by atoms with Crippen LogP contribution in [-0.4, -0.2) is 36.7 Å². The van der Waals surface area contributed by atoms with Crippen molar-refractivity contribution in [2.24, 2.45) is 5.73 Å². The molecule has 106 valence electrons. The maximum absolute atomic E-state index is 14.0. The lowest BCUT2D eigenvalue weighted by molar-refractivity contribution is -0.0809. The van der Waals surface area contributed by atoms with Gasteiger partial charge >= 0.3 is 0 Å². The third-order valence-electron chi connectivity index (χ3n) is 3.58. The topological polar surface area (TPSA) is 38.5 Å². The van der Waals surface area contributed by atoms with Gasteiger partial charge in [-0.3, -0.25) is 4.90 Å². The minimum Gasteiger partial charge on any atom is -0.374 e. The van der Waals surface area contributed by atoms with Gasteiger partial charge in [0.25, 0.3) is 0 Å². The Bertz CT molecular complexity index is 419. The van der Waals surface area contributed by atoms with Gasteiger partial charge in [0.1, 0.15) is 11.6 Å². The van der Waals surface area contributed by atoms with Gasteiger partial charge in [-0.2, -0.15) is 0 Å². The Hall–Kier alpha value is -1.04. The van der Waals surface area contributed by atoms with Crippen molar-refractivity contribution in [2.45, 2.75) is 32.0 Å². The van der Waals surface area contributed by atoms with Crippen molar-refractivity contribution in [1.82, 2.24) is 4.90 Å². The molecule has 1 aromatic rings. The van der Waals surface area contributed by atoms with Crippen LogP contribution in [0, 0.1) is 11.6 Å². The van der Waals surface area contributed by atoms with E-state index < -0.39 is 17.7 Å². The van der Waals surface area contributed by atoms with Gasteiger partial charge in [0.05, 0.1) is 18.8 Å². The summed E-state index contributed by atoms with van der Waals surface area (Å²) < 4.78 is 33.6. The van der Waals surface area contributed by atoms with E-state index in [1.54, 1.807) is 0 Å². The molecule has 2 rings (SSSR count). The second-order valence-electron chi connectivity index (χ2n) is 5.06. The molecule has 0 aliphatic carbocycles. The normalized spacial score (nSPS) is 24.9. The van der Waals surface area contributed by atoms with Gasteiger partial charge in [0, 0.05) is 24.7 Å². The number of benzene rings is 1. The Balaban J connectivity index is 2.45. The largest absolute Gasteiger partial charge is 0.374 e. The Morgan fingerprint density at radius 3 is 2.53 bits per heavy atom. The van der Waals surface area contributed by atoms with E-state index in [-0.39, 0.29) is 24.3 Å². The molecule has 0 amide bonds. The zero-order valence-corrected chi connectivity index (χ0v) is 11.3. The molecule has 3 nitrogen and oxygen atoms in total. The number of halogens is 2. The van der Waals surface area contributed by atoms with E-state index in [0.717, 1.165) is 0 Å². The number of rotatable bonds is 3. The molecule has 0 saturated carbocycles. The van der Waals surface area contributed by atoms with Gasteiger partial charge in [-0.05, 0) is 26.0 Å². The molecule has 19 heavy (non-hydrogen) atoms. The Kier molecular flexibility index (Phi) is 4.50. The lowest BCUT2D eigenvalue weighted by Crippen LogP contribution is -2.51. The predicted octanol–water partition coefficient (Wildman–Crippen LogP) is 2.07. The van der Waals surface area contributed by atoms with E-state index in [1.807, 2.05) is 18.7 Å². The van der Waals surface area contributed by atoms with E-state index in [9.17, 15) is 8.78 Å². The molecule has 0 bridgehead atoms. The third-order valence-corrected chi connectivity index (χ3v) is 3.58. The number of ether oxygens (including phenoxy) is 1. The molecule has 5 heteroatoms. The smallest absolute Gasteiger partial charge is 0.131 e. The molecule has 1 heterocycles. The zero-order chi connectivity index (χ0) is 14.0. The van der Waals surface area contributed by atoms with E-state index in [0.29, 0.717) is 13.2 Å². The minimum absolute atomic E-state index is 0.0614. The Morgan fingerprint density at radius 2 is 2.00 bits per heavy atom. The first-order valence-electron chi connectivity index (χ1n) is 6.57. The van der Waals surface area contributed by atoms with Crippen molar-refractivity contribution >= 4 is 0 Å². The SMILES string of the molecule is CC(C)N1CCOC(CN)C1c1c(F)cccc1F. The second kappa shape index (κ2) is 5.94. The summed E-state index contributed by atoms with van der Waals surface area (Å²) in [4.78, 5) is 2.04. The molecule has 0 spiro atoms. The van der Waals surface area contributed by atoms with Crippen molar-refractivity contribution in [3.63, 3.8) is 0 Å². The minimum atomic E-state index is -0.542. The highest BCUT2D eigenvalue weighted by Gasteiger charge is 2.37. The van der Waals surface area contributed by atoms with Crippen LogP contribution >= 0.6 is 0 Å². The van der Waals surface area contributed by atoms with Crippen LogP contribution < -0.4 is 5.73 Å². The van der Waals surface area contributed by atoms with Crippen molar-refractivity contribution in [3.8, 4) is 0 Å². The van der Waals surface area contributed by atoms with E-state index in [4.69, 9.17) is 10.5 Å². The molecule has 1 aliphatic rings. The number of nitrogens with two attached hydrogens (primary N) is 1. The van der Waals surface area contributed by atoms with Gasteiger partial charge in [0.2, 0.25) is 0 Å². The van der Waals surface area contributed by atoms with E-state index in [2.05, 4.69) is 0 Å². The van der Waals surface area contributed by atoms with Crippen LogP contribution in [0.25, 0.3) is 0 Å². The Morgan fingerprint density at radius 1 is 1.37 bits per heavy atom. The molecular weight excluding hydrogens is 250 g/mol. The first-order chi connectivity index (χ1) is 9.06. The molecule has 2 N–H and O–H groups in total. The summed E-state index contributed by atoms with van der Waals surface area (Å²) in [6.07, 6.45) is -0.387. The zero-order valence-electron chi connectivity index (χ0n) is 11.3. The van der Waals surface area contributed by atoms with Gasteiger partial charge in [0.15, 0.2) is 0 Å². The quantitative estimate of drug-likeness (QED) is 0.914. The van der Waals surface area contributed by atoms with Crippen LogP contribution in [0.5, 0.6) is 0 Å². The van der Waals surface area contributed by atoms with Crippen molar-refractivity contribution in [1.29, 1.82) is 0 Å². The predicted molar refractivity (Wildman–Crippen MR) is 69.7 cm³/mol. The highest BCUT2D eigenvalue weighted by molar-refractivity contribution is 5.25. The molecule has 1 aromatic carbocycles. The summed E-state index contributed by atoms with van der Waals surface area (Å²) in [6, 6.07) is 3.62. The fraction of sp³-hybridized carbons (Fsp3) is 0.571. The number of hydrogen-bond acceptors (Lipinski definition) is 3. The van der Waals surface area contributed by atoms with Crippen LogP contribution in [0.1, 0.15) is 25.5 Å². The van der Waals surface area contributed by atoms with Gasteiger partial charge < -0.3 is 10.5 Å². The third kappa shape index (κ3) is 2.78. The average molecular weight is 270 g/mol. The maximum Gasteiger partial charge on any atom is 0.131 e. The molecular formula is C14H20F2N2O. The summed E-state index contributed by atoms with van der Waals surface area (Å²) in [5, 5.41) is 0. The standard InChI is InChI=1S/C14H20F2N2O/c1-9(2)18-6-7-19-12(8-17)14(18)13-10(15)4-3-5-11(13)16/h3-5,9,12,14H,6-8,17H2,1-2H3. The molecule has 2 unspecified atom stereocenters. The number of nitrogens with zero attached hydrogens (tertiary/aromatic N) is 1. The van der Waals surface area contributed by atoms with Crippen LogP contribution in [0.2, 0.25) is 0 Å². The van der Waals surface area contributed by atoms with Crippen molar-refractivity contribution < 1.29 is 13.5 Å². The fourth-order valence-corrected chi connectivity index (χ4v) is 2.67. The lowest BCUT2D eigenvalue weighted by atomic mass is 9.95. The summed E-state index contributed by atoms with van der Waals surface area (Å²) in [5.41, 5.74) is 5.76. The highest BCUT2D eigenvalue weighted by Crippen LogP contribution is 2.33. The monoisotopic (exact) mass is 270 g/mol. The fourth-order valence-electron chi connectivity index (χ4n) is 2.67. The summed E-state index contributed by atoms with van der Waals surface area (Å²) >= 11 is 0. The van der Waals surface area contributed by atoms with E-state index in [1.165, 1.54) is 18.2 Å². The molecule has 1 saturated heterocycles. The van der Waals surface area contributed by atoms with Crippen molar-refractivity contribution in [2.75, 3.05) is 19.7 Å². The van der Waals surface area contributed by atoms with Crippen molar-refractivity contribution in [3.05, 3.63) is 35.4 Å². The first-order valence-corrected chi connectivity index (χ1v) is 6.57. The van der Waals surface area contributed by atoms with Crippen LogP contribution in [-0.2, 0) is 4.74 Å². The van der Waals surface area contributed by atoms with Gasteiger partial charge in [-0.1, -0.05) is 6.07 Å². The molecule has 1 aliphatic heterocycles. The van der Waals surface area contributed by atoms with Crippen LogP contribution in [0.4, 0.5) is 8.78 Å².